The summed E-state index contributed by atoms with van der Waals surface area (Å²) in [5, 5.41) is 0.690. The molecule has 0 radical (unpaired) electrons. The Morgan fingerprint density at radius 3 is 2.44 bits per heavy atom. The molecule has 3 heteroatoms. The Labute approximate surface area is 120 Å². The van der Waals surface area contributed by atoms with Crippen molar-refractivity contribution in [2.45, 2.75) is 13.3 Å². The second-order valence-electron chi connectivity index (χ2n) is 4.19. The smallest absolute Gasteiger partial charge is 0.167 e. The highest BCUT2D eigenvalue weighted by Gasteiger charge is 2.08. The number of rotatable bonds is 3. The van der Waals surface area contributed by atoms with E-state index in [4.69, 9.17) is 11.6 Å². The molecule has 0 saturated carbocycles. The average Bonchev–Trinajstić information content (AvgIpc) is 2.35. The summed E-state index contributed by atoms with van der Waals surface area (Å²) in [5.74, 6) is 0.108. The quantitative estimate of drug-likeness (QED) is 0.739. The van der Waals surface area contributed by atoms with Crippen LogP contribution in [0.1, 0.15) is 21.5 Å². The van der Waals surface area contributed by atoms with E-state index in [0.717, 1.165) is 15.6 Å². The van der Waals surface area contributed by atoms with Crippen LogP contribution in [-0.4, -0.2) is 5.78 Å². The third-order valence-corrected chi connectivity index (χ3v) is 3.71. The monoisotopic (exact) mass is 322 g/mol. The van der Waals surface area contributed by atoms with Crippen LogP contribution in [-0.2, 0) is 6.42 Å². The van der Waals surface area contributed by atoms with E-state index in [1.54, 1.807) is 12.1 Å². The first-order valence-corrected chi connectivity index (χ1v) is 6.77. The molecule has 2 rings (SSSR count). The van der Waals surface area contributed by atoms with E-state index in [1.165, 1.54) is 0 Å². The van der Waals surface area contributed by atoms with E-state index in [0.29, 0.717) is 17.0 Å². The van der Waals surface area contributed by atoms with Crippen molar-refractivity contribution in [3.05, 3.63) is 68.7 Å². The van der Waals surface area contributed by atoms with Crippen molar-refractivity contribution >= 4 is 33.3 Å². The first-order valence-electron chi connectivity index (χ1n) is 5.60. The van der Waals surface area contributed by atoms with Gasteiger partial charge >= 0.3 is 0 Å². The molecule has 1 nitrogen and oxygen atoms in total. The molecule has 0 atom stereocenters. The van der Waals surface area contributed by atoms with Gasteiger partial charge in [0.2, 0.25) is 0 Å². The van der Waals surface area contributed by atoms with E-state index >= 15 is 0 Å². The molecule has 0 aliphatic rings. The Morgan fingerprint density at radius 2 is 1.83 bits per heavy atom. The highest BCUT2D eigenvalue weighted by Crippen LogP contribution is 2.18. The van der Waals surface area contributed by atoms with Crippen LogP contribution >= 0.6 is 27.5 Å². The van der Waals surface area contributed by atoms with E-state index in [-0.39, 0.29) is 5.78 Å². The molecule has 0 bridgehead atoms. The zero-order valence-electron chi connectivity index (χ0n) is 9.91. The lowest BCUT2D eigenvalue weighted by Crippen LogP contribution is -2.03. The highest BCUT2D eigenvalue weighted by molar-refractivity contribution is 9.10. The van der Waals surface area contributed by atoms with Gasteiger partial charge in [-0.2, -0.15) is 0 Å². The van der Waals surface area contributed by atoms with E-state index < -0.39 is 0 Å². The van der Waals surface area contributed by atoms with Crippen LogP contribution in [0.4, 0.5) is 0 Å². The molecule has 0 unspecified atom stereocenters. The average molecular weight is 324 g/mol. The number of Topliss-reactive ketones (excluding diaryl/α,β-unsaturated/α-hetero) is 1. The molecule has 0 aromatic heterocycles. The molecule has 0 spiro atoms. The number of carbonyl (C=O) groups is 1. The zero-order valence-corrected chi connectivity index (χ0v) is 12.3. The SMILES string of the molecule is Cc1cc(C(=O)Cc2ccc(Br)cc2)ccc1Cl. The molecule has 2 aromatic carbocycles. The summed E-state index contributed by atoms with van der Waals surface area (Å²) in [6, 6.07) is 13.2. The summed E-state index contributed by atoms with van der Waals surface area (Å²) in [6.45, 7) is 1.90. The maximum atomic E-state index is 12.1. The molecule has 0 N–H and O–H groups in total. The number of benzene rings is 2. The van der Waals surface area contributed by atoms with Crippen LogP contribution in [0, 0.1) is 6.92 Å². The fraction of sp³-hybridized carbons (Fsp3) is 0.133. The molecule has 0 saturated heterocycles. The predicted octanol–water partition coefficient (Wildman–Crippen LogP) is 4.84. The molecule has 18 heavy (non-hydrogen) atoms. The Morgan fingerprint density at radius 1 is 1.17 bits per heavy atom. The second kappa shape index (κ2) is 5.68. The maximum absolute atomic E-state index is 12.1. The van der Waals surface area contributed by atoms with Gasteiger partial charge in [0.05, 0.1) is 0 Å². The lowest BCUT2D eigenvalue weighted by Gasteiger charge is -2.04. The summed E-state index contributed by atoms with van der Waals surface area (Å²) in [5.41, 5.74) is 2.65. The zero-order chi connectivity index (χ0) is 13.1. The molecule has 0 aliphatic heterocycles. The van der Waals surface area contributed by atoms with Crippen molar-refractivity contribution in [3.8, 4) is 0 Å². The molecule has 0 amide bonds. The number of halogens is 2. The summed E-state index contributed by atoms with van der Waals surface area (Å²) in [7, 11) is 0. The summed E-state index contributed by atoms with van der Waals surface area (Å²) < 4.78 is 1.01. The van der Waals surface area contributed by atoms with Gasteiger partial charge < -0.3 is 0 Å². The van der Waals surface area contributed by atoms with Crippen molar-refractivity contribution in [1.82, 2.24) is 0 Å². The number of hydrogen-bond acceptors (Lipinski definition) is 1. The number of ketones is 1. The molecular weight excluding hydrogens is 312 g/mol. The van der Waals surface area contributed by atoms with Gasteiger partial charge in [0.1, 0.15) is 0 Å². The largest absolute Gasteiger partial charge is 0.294 e. The minimum atomic E-state index is 0.108. The third-order valence-electron chi connectivity index (χ3n) is 2.76. The summed E-state index contributed by atoms with van der Waals surface area (Å²) in [6.07, 6.45) is 0.411. The van der Waals surface area contributed by atoms with Crippen molar-refractivity contribution in [3.63, 3.8) is 0 Å². The van der Waals surface area contributed by atoms with Gasteiger partial charge in [0.25, 0.3) is 0 Å². The van der Waals surface area contributed by atoms with E-state index in [2.05, 4.69) is 15.9 Å². The molecule has 0 heterocycles. The lowest BCUT2D eigenvalue weighted by molar-refractivity contribution is 0.0993. The van der Waals surface area contributed by atoms with Gasteiger partial charge in [0.15, 0.2) is 5.78 Å². The Kier molecular flexibility index (Phi) is 4.20. The predicted molar refractivity (Wildman–Crippen MR) is 78.4 cm³/mol. The number of hydrogen-bond donors (Lipinski definition) is 0. The van der Waals surface area contributed by atoms with E-state index in [1.807, 2.05) is 37.3 Å². The fourth-order valence-electron chi connectivity index (χ4n) is 1.71. The summed E-state index contributed by atoms with van der Waals surface area (Å²) in [4.78, 5) is 12.1. The van der Waals surface area contributed by atoms with Gasteiger partial charge in [-0.05, 0) is 48.4 Å². The molecular formula is C15H12BrClO. The Bertz CT molecular complexity index is 576. The van der Waals surface area contributed by atoms with Crippen LogP contribution in [0.15, 0.2) is 46.9 Å². The number of carbonyl (C=O) groups excluding carboxylic acids is 1. The molecule has 2 aromatic rings. The topological polar surface area (TPSA) is 17.1 Å². The van der Waals surface area contributed by atoms with Crippen LogP contribution in [0.3, 0.4) is 0 Å². The lowest BCUT2D eigenvalue weighted by atomic mass is 10.0. The molecule has 0 fully saturated rings. The van der Waals surface area contributed by atoms with Crippen molar-refractivity contribution in [2.75, 3.05) is 0 Å². The van der Waals surface area contributed by atoms with Gasteiger partial charge in [0, 0.05) is 21.5 Å². The molecule has 0 aliphatic carbocycles. The first kappa shape index (κ1) is 13.3. The van der Waals surface area contributed by atoms with Gasteiger partial charge in [-0.3, -0.25) is 4.79 Å². The normalized spacial score (nSPS) is 10.4. The van der Waals surface area contributed by atoms with Crippen molar-refractivity contribution in [2.24, 2.45) is 0 Å². The highest BCUT2D eigenvalue weighted by atomic mass is 79.9. The van der Waals surface area contributed by atoms with Crippen LogP contribution in [0.5, 0.6) is 0 Å². The Balaban J connectivity index is 2.16. The van der Waals surface area contributed by atoms with Gasteiger partial charge in [-0.15, -0.1) is 0 Å². The Hall–Kier alpha value is -1.12. The number of aryl methyl sites for hydroxylation is 1. The molecule has 92 valence electrons. The minimum Gasteiger partial charge on any atom is -0.294 e. The van der Waals surface area contributed by atoms with Crippen LogP contribution < -0.4 is 0 Å². The summed E-state index contributed by atoms with van der Waals surface area (Å²) >= 11 is 9.32. The standard InChI is InChI=1S/C15H12BrClO/c1-10-8-12(4-7-14(10)17)15(18)9-11-2-5-13(16)6-3-11/h2-8H,9H2,1H3. The van der Waals surface area contributed by atoms with Crippen molar-refractivity contribution in [1.29, 1.82) is 0 Å². The van der Waals surface area contributed by atoms with Gasteiger partial charge in [-0.25, -0.2) is 0 Å². The maximum Gasteiger partial charge on any atom is 0.167 e. The second-order valence-corrected chi connectivity index (χ2v) is 5.51. The van der Waals surface area contributed by atoms with Gasteiger partial charge in [-0.1, -0.05) is 39.7 Å². The van der Waals surface area contributed by atoms with Crippen molar-refractivity contribution < 1.29 is 4.79 Å². The minimum absolute atomic E-state index is 0.108. The van der Waals surface area contributed by atoms with E-state index in [9.17, 15) is 4.79 Å². The van der Waals surface area contributed by atoms with Crippen LogP contribution in [0.25, 0.3) is 0 Å². The third kappa shape index (κ3) is 3.21. The van der Waals surface area contributed by atoms with Crippen LogP contribution in [0.2, 0.25) is 5.02 Å². The fourth-order valence-corrected chi connectivity index (χ4v) is 2.09. The first-order chi connectivity index (χ1) is 8.56.